The summed E-state index contributed by atoms with van der Waals surface area (Å²) in [5.41, 5.74) is 0.00506. The van der Waals surface area contributed by atoms with E-state index in [2.05, 4.69) is 26.1 Å². The summed E-state index contributed by atoms with van der Waals surface area (Å²) in [5.74, 6) is -0.492. The number of rotatable bonds is 8. The topological polar surface area (TPSA) is 83.6 Å². The van der Waals surface area contributed by atoms with Gasteiger partial charge in [0.05, 0.1) is 6.04 Å². The van der Waals surface area contributed by atoms with E-state index in [4.69, 9.17) is 0 Å². The fourth-order valence-corrected chi connectivity index (χ4v) is 6.57. The number of hydrogen-bond acceptors (Lipinski definition) is 4. The molecule has 0 aromatic heterocycles. The van der Waals surface area contributed by atoms with Crippen molar-refractivity contribution in [1.82, 2.24) is 10.2 Å². The van der Waals surface area contributed by atoms with Crippen LogP contribution in [0, 0.1) is 34.5 Å². The summed E-state index contributed by atoms with van der Waals surface area (Å²) in [7, 11) is 0. The number of fused-ring (bicyclic) bond motifs is 1. The number of piperidine rings is 1. The molecule has 6 nitrogen and oxygen atoms in total. The van der Waals surface area contributed by atoms with Gasteiger partial charge < -0.3 is 10.2 Å². The summed E-state index contributed by atoms with van der Waals surface area (Å²) in [4.78, 5) is 53.3. The molecule has 4 aliphatic rings. The Labute approximate surface area is 192 Å². The number of carbonyl (C=O) groups excluding carboxylic acids is 4. The molecule has 3 saturated carbocycles. The van der Waals surface area contributed by atoms with Crippen molar-refractivity contribution in [3.63, 3.8) is 0 Å². The largest absolute Gasteiger partial charge is 0.344 e. The van der Waals surface area contributed by atoms with Crippen LogP contribution in [0.4, 0.5) is 0 Å². The summed E-state index contributed by atoms with van der Waals surface area (Å²) in [5, 5.41) is 2.92. The number of ketones is 2. The Balaban J connectivity index is 1.52. The average Bonchev–Trinajstić information content (AvgIpc) is 3.59. The number of carbonyl (C=O) groups is 4. The van der Waals surface area contributed by atoms with Crippen molar-refractivity contribution in [1.29, 1.82) is 0 Å². The zero-order valence-corrected chi connectivity index (χ0v) is 20.4. The van der Waals surface area contributed by atoms with Crippen molar-refractivity contribution in [2.24, 2.45) is 34.5 Å². The van der Waals surface area contributed by atoms with Crippen molar-refractivity contribution in [2.45, 2.75) is 98.1 Å². The Bertz CT molecular complexity index is 809. The normalized spacial score (nSPS) is 31.9. The monoisotopic (exact) mass is 444 g/mol. The first-order valence-electron chi connectivity index (χ1n) is 12.6. The van der Waals surface area contributed by atoms with Crippen LogP contribution >= 0.6 is 0 Å². The molecule has 1 saturated heterocycles. The first kappa shape index (κ1) is 23.4. The first-order chi connectivity index (χ1) is 15.0. The van der Waals surface area contributed by atoms with Gasteiger partial charge in [-0.2, -0.15) is 0 Å². The number of amides is 2. The van der Waals surface area contributed by atoms with Gasteiger partial charge in [0.1, 0.15) is 6.04 Å². The molecule has 4 rings (SSSR count). The number of nitrogens with one attached hydrogen (secondary N) is 1. The van der Waals surface area contributed by atoms with Gasteiger partial charge >= 0.3 is 0 Å². The van der Waals surface area contributed by atoms with Gasteiger partial charge in [-0.1, -0.05) is 59.8 Å². The van der Waals surface area contributed by atoms with Gasteiger partial charge in [0, 0.05) is 19.4 Å². The molecule has 0 unspecified atom stereocenters. The quantitative estimate of drug-likeness (QED) is 0.581. The molecule has 0 spiro atoms. The molecule has 2 amide bonds. The van der Waals surface area contributed by atoms with Gasteiger partial charge in [0.25, 0.3) is 0 Å². The van der Waals surface area contributed by atoms with Gasteiger partial charge in [-0.15, -0.1) is 0 Å². The van der Waals surface area contributed by atoms with Crippen LogP contribution in [0.25, 0.3) is 0 Å². The molecule has 1 N–H and O–H groups in total. The second-order valence-electron chi connectivity index (χ2n) is 12.0. The molecular weight excluding hydrogens is 404 g/mol. The highest BCUT2D eigenvalue weighted by molar-refractivity contribution is 6.38. The molecule has 0 bridgehead atoms. The molecular formula is C26H40N2O4. The second kappa shape index (κ2) is 8.25. The molecule has 0 aromatic rings. The van der Waals surface area contributed by atoms with E-state index in [-0.39, 0.29) is 34.5 Å². The van der Waals surface area contributed by atoms with E-state index in [0.717, 1.165) is 38.5 Å². The van der Waals surface area contributed by atoms with Crippen molar-refractivity contribution in [3.8, 4) is 0 Å². The summed E-state index contributed by atoms with van der Waals surface area (Å²) >= 11 is 0. The minimum Gasteiger partial charge on any atom is -0.344 e. The highest BCUT2D eigenvalue weighted by Gasteiger charge is 2.69. The van der Waals surface area contributed by atoms with Gasteiger partial charge in [-0.05, 0) is 47.8 Å². The Morgan fingerprint density at radius 3 is 2.22 bits per heavy atom. The molecule has 0 aromatic carbocycles. The van der Waals surface area contributed by atoms with Crippen molar-refractivity contribution >= 4 is 23.4 Å². The lowest BCUT2D eigenvalue weighted by atomic mass is 9.67. The Hall–Kier alpha value is -1.72. The number of Topliss-reactive ketones (excluding diaryl/α,β-unsaturated/α-hetero) is 2. The third-order valence-corrected chi connectivity index (χ3v) is 9.42. The van der Waals surface area contributed by atoms with Crippen LogP contribution in [-0.4, -0.2) is 46.9 Å². The average molecular weight is 445 g/mol. The van der Waals surface area contributed by atoms with Crippen LogP contribution in [0.2, 0.25) is 0 Å². The maximum atomic E-state index is 13.7. The predicted molar refractivity (Wildman–Crippen MR) is 122 cm³/mol. The Morgan fingerprint density at radius 1 is 1.03 bits per heavy atom. The van der Waals surface area contributed by atoms with Gasteiger partial charge in [-0.25, -0.2) is 0 Å². The number of nitrogens with zero attached hydrogens (tertiary/aromatic N) is 1. The van der Waals surface area contributed by atoms with Crippen molar-refractivity contribution in [3.05, 3.63) is 0 Å². The molecule has 0 radical (unpaired) electrons. The summed E-state index contributed by atoms with van der Waals surface area (Å²) in [6.45, 7) is 10.5. The summed E-state index contributed by atoms with van der Waals surface area (Å²) in [6, 6.07) is -1.31. The predicted octanol–water partition coefficient (Wildman–Crippen LogP) is 3.52. The lowest BCUT2D eigenvalue weighted by Crippen LogP contribution is -2.56. The molecule has 5 atom stereocenters. The van der Waals surface area contributed by atoms with Crippen LogP contribution in [0.1, 0.15) is 86.0 Å². The molecule has 3 aliphatic carbocycles. The van der Waals surface area contributed by atoms with E-state index >= 15 is 0 Å². The zero-order chi connectivity index (χ0) is 23.4. The van der Waals surface area contributed by atoms with Gasteiger partial charge in [0.2, 0.25) is 17.6 Å². The van der Waals surface area contributed by atoms with E-state index in [1.54, 1.807) is 0 Å². The molecule has 6 heteroatoms. The van der Waals surface area contributed by atoms with Crippen LogP contribution in [0.15, 0.2) is 0 Å². The highest BCUT2D eigenvalue weighted by Crippen LogP contribution is 2.65. The van der Waals surface area contributed by atoms with E-state index in [0.29, 0.717) is 24.8 Å². The van der Waals surface area contributed by atoms with E-state index in [1.807, 2.05) is 11.8 Å². The summed E-state index contributed by atoms with van der Waals surface area (Å²) in [6.07, 6.45) is 8.27. The van der Waals surface area contributed by atoms with Gasteiger partial charge in [0.15, 0.2) is 5.78 Å². The fourth-order valence-electron chi connectivity index (χ4n) is 6.57. The Kier molecular flexibility index (Phi) is 6.04. The van der Waals surface area contributed by atoms with Crippen LogP contribution in [0.3, 0.4) is 0 Å². The summed E-state index contributed by atoms with van der Waals surface area (Å²) < 4.78 is 0. The Morgan fingerprint density at radius 2 is 1.66 bits per heavy atom. The SMILES string of the molecule is CC(=O)C(=O)[C@H](CC1CC1)NC(=O)[C@@H]1[C@@H]2[C@H](CN1C(=O)[C@@H](C)C1(C)CCCCC1)C2(C)C. The maximum Gasteiger partial charge on any atom is 0.243 e. The van der Waals surface area contributed by atoms with Crippen LogP contribution < -0.4 is 5.32 Å². The van der Waals surface area contributed by atoms with E-state index in [9.17, 15) is 19.2 Å². The highest BCUT2D eigenvalue weighted by atomic mass is 16.2. The molecule has 178 valence electrons. The lowest BCUT2D eigenvalue weighted by Gasteiger charge is -2.41. The van der Waals surface area contributed by atoms with Crippen molar-refractivity contribution in [2.75, 3.05) is 6.54 Å². The first-order valence-corrected chi connectivity index (χ1v) is 12.6. The zero-order valence-electron chi connectivity index (χ0n) is 20.4. The minimum atomic E-state index is -0.765. The number of hydrogen-bond donors (Lipinski definition) is 1. The third kappa shape index (κ3) is 4.14. The second-order valence-corrected chi connectivity index (χ2v) is 12.0. The smallest absolute Gasteiger partial charge is 0.243 e. The molecule has 4 fully saturated rings. The van der Waals surface area contributed by atoms with Crippen LogP contribution in [-0.2, 0) is 19.2 Å². The standard InChI is InChI=1S/C26H40N2O4/c1-15(26(5)11-7-6-8-12-26)24(32)28-14-18-20(25(18,3)4)21(28)23(31)27-19(13-17-9-10-17)22(30)16(2)29/h15,17-21H,6-14H2,1-5H3,(H,27,31)/t15-,18+,19+,20+,21+/m1/s1. The minimum absolute atomic E-state index is 0.0161. The molecule has 1 aliphatic heterocycles. The fraction of sp³-hybridized carbons (Fsp3) is 0.846. The molecule has 32 heavy (non-hydrogen) atoms. The van der Waals surface area contributed by atoms with E-state index in [1.165, 1.54) is 13.3 Å². The van der Waals surface area contributed by atoms with Gasteiger partial charge in [-0.3, -0.25) is 19.2 Å². The number of likely N-dealkylation sites (tertiary alicyclic amines) is 1. The third-order valence-electron chi connectivity index (χ3n) is 9.42. The lowest BCUT2D eigenvalue weighted by molar-refractivity contribution is -0.147. The van der Waals surface area contributed by atoms with Crippen LogP contribution in [0.5, 0.6) is 0 Å². The maximum absolute atomic E-state index is 13.7. The van der Waals surface area contributed by atoms with E-state index < -0.39 is 23.7 Å². The van der Waals surface area contributed by atoms with Crippen molar-refractivity contribution < 1.29 is 19.2 Å². The molecule has 1 heterocycles.